The second-order valence-electron chi connectivity index (χ2n) is 9.55. The number of ether oxygens (including phenoxy) is 1. The molecule has 0 saturated heterocycles. The van der Waals surface area contributed by atoms with E-state index in [1.807, 2.05) is 106 Å². The number of carboxylic acids is 1. The zero-order valence-corrected chi connectivity index (χ0v) is 25.0. The van der Waals surface area contributed by atoms with Crippen LogP contribution in [-0.2, 0) is 28.9 Å². The summed E-state index contributed by atoms with van der Waals surface area (Å²) >= 11 is 0. The van der Waals surface area contributed by atoms with Gasteiger partial charge >= 0.3 is 5.97 Å². The summed E-state index contributed by atoms with van der Waals surface area (Å²) in [5.74, 6) is -0.405. The Hall–Kier alpha value is -5.30. The van der Waals surface area contributed by atoms with Crippen molar-refractivity contribution < 1.29 is 28.6 Å². The normalized spacial score (nSPS) is 10.8. The highest BCUT2D eigenvalue weighted by molar-refractivity contribution is 6.09. The van der Waals surface area contributed by atoms with Gasteiger partial charge in [0.2, 0.25) is 5.89 Å². The van der Waals surface area contributed by atoms with Crippen LogP contribution in [0.3, 0.4) is 0 Å². The molecule has 5 rings (SSSR count). The molecule has 226 valence electrons. The Morgan fingerprint density at radius 1 is 0.818 bits per heavy atom. The summed E-state index contributed by atoms with van der Waals surface area (Å²) in [6.45, 7) is 6.43. The minimum atomic E-state index is -0.898. The van der Waals surface area contributed by atoms with Gasteiger partial charge in [0.1, 0.15) is 18.8 Å². The standard InChI is InChI=1S/C34H29NO5.C2H6.CH2O/c36-32(25-9-3-1-4-10-25)31-14-8-7-13-27(31)22-28(34(37)38)21-24-15-17-30(18-16-24)39-20-19-29-23-40-33(35-29)26-11-5-2-6-12-26;2*1-2/h1-18,23,28H,19-22H2,(H,37,38);1-2H3;1H2. The molecular weight excluding hydrogens is 554 g/mol. The fourth-order valence-corrected chi connectivity index (χ4v) is 4.59. The Morgan fingerprint density at radius 2 is 1.43 bits per heavy atom. The number of oxazole rings is 1. The SMILES string of the molecule is C=O.CC.O=C(c1ccccc1)c1ccccc1CC(Cc1ccc(OCCc2coc(-c3ccccc3)n2)cc1)C(=O)O. The van der Waals surface area contributed by atoms with Gasteiger partial charge in [-0.05, 0) is 48.2 Å². The zero-order chi connectivity index (χ0) is 31.7. The molecule has 4 aromatic carbocycles. The molecule has 44 heavy (non-hydrogen) atoms. The smallest absolute Gasteiger partial charge is 0.307 e. The van der Waals surface area contributed by atoms with E-state index in [4.69, 9.17) is 13.9 Å². The molecular formula is C37H37NO6. The number of nitrogens with zero attached hydrogens (tertiary/aromatic N) is 1. The summed E-state index contributed by atoms with van der Waals surface area (Å²) in [5, 5.41) is 9.97. The van der Waals surface area contributed by atoms with Gasteiger partial charge in [0.15, 0.2) is 5.78 Å². The average molecular weight is 592 g/mol. The van der Waals surface area contributed by atoms with E-state index >= 15 is 0 Å². The average Bonchev–Trinajstić information content (AvgIpc) is 3.57. The number of aromatic nitrogens is 1. The summed E-state index contributed by atoms with van der Waals surface area (Å²) in [6, 6.07) is 33.5. The van der Waals surface area contributed by atoms with E-state index in [1.54, 1.807) is 30.5 Å². The van der Waals surface area contributed by atoms with E-state index in [-0.39, 0.29) is 12.2 Å². The van der Waals surface area contributed by atoms with Gasteiger partial charge in [0, 0.05) is 23.1 Å². The predicted octanol–water partition coefficient (Wildman–Crippen LogP) is 7.52. The predicted molar refractivity (Wildman–Crippen MR) is 171 cm³/mol. The van der Waals surface area contributed by atoms with Gasteiger partial charge in [-0.25, -0.2) is 4.98 Å². The third-order valence-corrected chi connectivity index (χ3v) is 6.72. The molecule has 1 N–H and O–H groups in total. The van der Waals surface area contributed by atoms with Crippen LogP contribution in [0.5, 0.6) is 5.75 Å². The van der Waals surface area contributed by atoms with Crippen LogP contribution in [0.25, 0.3) is 11.5 Å². The van der Waals surface area contributed by atoms with E-state index in [0.717, 1.165) is 22.4 Å². The number of carboxylic acid groups (broad SMARTS) is 1. The molecule has 0 saturated carbocycles. The molecule has 0 spiro atoms. The largest absolute Gasteiger partial charge is 0.493 e. The molecule has 1 atom stereocenters. The lowest BCUT2D eigenvalue weighted by Crippen LogP contribution is -2.20. The number of rotatable bonds is 12. The Kier molecular flexibility index (Phi) is 13.3. The van der Waals surface area contributed by atoms with Crippen molar-refractivity contribution >= 4 is 18.5 Å². The minimum Gasteiger partial charge on any atom is -0.493 e. The van der Waals surface area contributed by atoms with E-state index in [2.05, 4.69) is 4.98 Å². The number of benzene rings is 4. The van der Waals surface area contributed by atoms with Gasteiger partial charge in [-0.3, -0.25) is 9.59 Å². The number of ketones is 1. The van der Waals surface area contributed by atoms with Crippen molar-refractivity contribution in [1.82, 2.24) is 4.98 Å². The molecule has 0 aliphatic rings. The molecule has 0 radical (unpaired) electrons. The topological polar surface area (TPSA) is 107 Å². The number of carbonyl (C=O) groups excluding carboxylic acids is 2. The Labute approximate surface area is 258 Å². The third-order valence-electron chi connectivity index (χ3n) is 6.72. The van der Waals surface area contributed by atoms with Crippen LogP contribution >= 0.6 is 0 Å². The molecule has 0 aliphatic heterocycles. The number of carbonyl (C=O) groups is 3. The van der Waals surface area contributed by atoms with Gasteiger partial charge in [-0.2, -0.15) is 0 Å². The number of aliphatic carboxylic acids is 1. The van der Waals surface area contributed by atoms with Crippen molar-refractivity contribution in [3.8, 4) is 17.2 Å². The van der Waals surface area contributed by atoms with Crippen molar-refractivity contribution in [2.24, 2.45) is 5.92 Å². The van der Waals surface area contributed by atoms with Gasteiger partial charge in [-0.1, -0.05) is 98.8 Å². The lowest BCUT2D eigenvalue weighted by atomic mass is 9.88. The lowest BCUT2D eigenvalue weighted by molar-refractivity contribution is -0.141. The highest BCUT2D eigenvalue weighted by atomic mass is 16.5. The highest BCUT2D eigenvalue weighted by Crippen LogP contribution is 2.23. The lowest BCUT2D eigenvalue weighted by Gasteiger charge is -2.16. The molecule has 1 heterocycles. The van der Waals surface area contributed by atoms with Gasteiger partial charge in [0.05, 0.1) is 18.2 Å². The molecule has 7 heteroatoms. The quantitative estimate of drug-likeness (QED) is 0.150. The van der Waals surface area contributed by atoms with Crippen molar-refractivity contribution in [1.29, 1.82) is 0 Å². The van der Waals surface area contributed by atoms with Crippen LogP contribution in [0.1, 0.15) is 46.6 Å². The zero-order valence-electron chi connectivity index (χ0n) is 25.0. The summed E-state index contributed by atoms with van der Waals surface area (Å²) in [7, 11) is 0. The van der Waals surface area contributed by atoms with Crippen molar-refractivity contribution in [3.63, 3.8) is 0 Å². The maximum Gasteiger partial charge on any atom is 0.307 e. The van der Waals surface area contributed by atoms with Crippen molar-refractivity contribution in [2.75, 3.05) is 6.61 Å². The first kappa shape index (κ1) is 33.2. The van der Waals surface area contributed by atoms with Crippen LogP contribution < -0.4 is 4.74 Å². The molecule has 1 unspecified atom stereocenters. The second-order valence-corrected chi connectivity index (χ2v) is 9.55. The molecule has 0 amide bonds. The molecule has 7 nitrogen and oxygen atoms in total. The van der Waals surface area contributed by atoms with E-state index in [0.29, 0.717) is 42.2 Å². The van der Waals surface area contributed by atoms with Crippen LogP contribution in [-0.4, -0.2) is 35.2 Å². The summed E-state index contributed by atoms with van der Waals surface area (Å²) in [4.78, 5) is 37.8. The second kappa shape index (κ2) is 17.6. The summed E-state index contributed by atoms with van der Waals surface area (Å²) in [6.07, 6.45) is 2.84. The van der Waals surface area contributed by atoms with E-state index < -0.39 is 11.9 Å². The minimum absolute atomic E-state index is 0.108. The first-order valence-corrected chi connectivity index (χ1v) is 14.5. The van der Waals surface area contributed by atoms with E-state index in [9.17, 15) is 14.7 Å². The maximum absolute atomic E-state index is 13.1. The Morgan fingerprint density at radius 3 is 2.09 bits per heavy atom. The molecule has 5 aromatic rings. The first-order valence-electron chi connectivity index (χ1n) is 14.5. The summed E-state index contributed by atoms with van der Waals surface area (Å²) < 4.78 is 11.5. The van der Waals surface area contributed by atoms with Gasteiger partial charge < -0.3 is 19.1 Å². The van der Waals surface area contributed by atoms with E-state index in [1.165, 1.54) is 0 Å². The monoisotopic (exact) mass is 591 g/mol. The molecule has 0 aliphatic carbocycles. The number of hydrogen-bond donors (Lipinski definition) is 1. The fourth-order valence-electron chi connectivity index (χ4n) is 4.59. The third kappa shape index (κ3) is 9.36. The first-order chi connectivity index (χ1) is 21.6. The van der Waals surface area contributed by atoms with Crippen LogP contribution in [0.2, 0.25) is 0 Å². The Bertz CT molecular complexity index is 1580. The number of hydrogen-bond acceptors (Lipinski definition) is 6. The fraction of sp³-hybridized carbons (Fsp3) is 0.189. The van der Waals surface area contributed by atoms with Crippen LogP contribution in [0, 0.1) is 5.92 Å². The highest BCUT2D eigenvalue weighted by Gasteiger charge is 2.22. The van der Waals surface area contributed by atoms with Gasteiger partial charge in [0.25, 0.3) is 0 Å². The molecule has 0 fully saturated rings. The van der Waals surface area contributed by atoms with Crippen molar-refractivity contribution in [3.05, 3.63) is 143 Å². The van der Waals surface area contributed by atoms with Gasteiger partial charge in [-0.15, -0.1) is 0 Å². The Balaban J connectivity index is 0.00000127. The molecule has 0 bridgehead atoms. The maximum atomic E-state index is 13.1. The summed E-state index contributed by atoms with van der Waals surface area (Å²) in [5.41, 5.74) is 4.47. The molecule has 1 aromatic heterocycles. The van der Waals surface area contributed by atoms with Crippen molar-refractivity contribution in [2.45, 2.75) is 33.1 Å². The van der Waals surface area contributed by atoms with Crippen LogP contribution in [0.4, 0.5) is 0 Å². The van der Waals surface area contributed by atoms with Crippen LogP contribution in [0.15, 0.2) is 120 Å².